The number of thiazole rings is 1. The largest absolute Gasteiger partial charge is 0.475 e. The molecular formula is C9H11N3O2S2. The third-order valence-electron chi connectivity index (χ3n) is 1.78. The highest BCUT2D eigenvalue weighted by Crippen LogP contribution is 2.23. The van der Waals surface area contributed by atoms with Crippen molar-refractivity contribution in [1.29, 1.82) is 0 Å². The summed E-state index contributed by atoms with van der Waals surface area (Å²) < 4.78 is 10.5. The summed E-state index contributed by atoms with van der Waals surface area (Å²) in [7, 11) is 0. The second-order valence-corrected chi connectivity index (χ2v) is 4.44. The minimum absolute atomic E-state index is 0.480. The van der Waals surface area contributed by atoms with Gasteiger partial charge in [0.1, 0.15) is 17.0 Å². The molecule has 0 spiro atoms. The van der Waals surface area contributed by atoms with Gasteiger partial charge < -0.3 is 14.7 Å². The minimum atomic E-state index is 0.480. The van der Waals surface area contributed by atoms with Gasteiger partial charge in [0.25, 0.3) is 0 Å². The lowest BCUT2D eigenvalue weighted by molar-refractivity contribution is 0.233. The number of hydrogen-bond acceptors (Lipinski definition) is 7. The lowest BCUT2D eigenvalue weighted by Gasteiger charge is -2.03. The van der Waals surface area contributed by atoms with Crippen LogP contribution in [0.15, 0.2) is 12.1 Å². The van der Waals surface area contributed by atoms with Crippen LogP contribution in [-0.4, -0.2) is 29.4 Å². The van der Waals surface area contributed by atoms with E-state index in [1.54, 1.807) is 6.07 Å². The fourth-order valence-corrected chi connectivity index (χ4v) is 2.09. The molecule has 0 unspecified atom stereocenters. The maximum Gasteiger partial charge on any atom is 0.214 e. The Hall–Kier alpha value is -1.05. The van der Waals surface area contributed by atoms with Crippen molar-refractivity contribution in [2.45, 2.75) is 0 Å². The van der Waals surface area contributed by atoms with Crippen molar-refractivity contribution in [2.75, 3.05) is 25.2 Å². The van der Waals surface area contributed by atoms with Gasteiger partial charge in [-0.2, -0.15) is 0 Å². The smallest absolute Gasteiger partial charge is 0.214 e. The fraction of sp³-hybridized carbons (Fsp3) is 0.333. The van der Waals surface area contributed by atoms with Crippen molar-refractivity contribution < 1.29 is 8.92 Å². The van der Waals surface area contributed by atoms with Crippen LogP contribution in [-0.2, 0) is 4.18 Å². The van der Waals surface area contributed by atoms with E-state index < -0.39 is 0 Å². The second-order valence-electron chi connectivity index (χ2n) is 2.86. The van der Waals surface area contributed by atoms with Crippen LogP contribution in [0.5, 0.6) is 5.88 Å². The van der Waals surface area contributed by atoms with Gasteiger partial charge in [0.15, 0.2) is 5.13 Å². The predicted octanol–water partition coefficient (Wildman–Crippen LogP) is 1.95. The molecule has 0 amide bonds. The van der Waals surface area contributed by atoms with Crippen LogP contribution in [0.25, 0.3) is 10.3 Å². The van der Waals surface area contributed by atoms with Crippen LogP contribution < -0.4 is 10.5 Å². The van der Waals surface area contributed by atoms with Gasteiger partial charge in [-0.05, 0) is 18.1 Å². The number of nitrogens with two attached hydrogens (primary N) is 1. The van der Waals surface area contributed by atoms with E-state index in [0.29, 0.717) is 24.2 Å². The molecule has 7 heteroatoms. The van der Waals surface area contributed by atoms with Gasteiger partial charge in [-0.25, -0.2) is 9.97 Å². The summed E-state index contributed by atoms with van der Waals surface area (Å²) in [6, 6.07) is 3.63. The summed E-state index contributed by atoms with van der Waals surface area (Å²) in [5.74, 6) is 0.570. The molecule has 0 aromatic carbocycles. The number of ether oxygens (including phenoxy) is 1. The number of rotatable bonds is 5. The molecule has 5 nitrogen and oxygen atoms in total. The summed E-state index contributed by atoms with van der Waals surface area (Å²) in [5, 5.41) is 0.519. The molecule has 2 rings (SSSR count). The summed E-state index contributed by atoms with van der Waals surface area (Å²) in [6.45, 7) is 1.01. The zero-order valence-electron chi connectivity index (χ0n) is 8.67. The average Bonchev–Trinajstić information content (AvgIpc) is 2.64. The molecule has 0 aliphatic rings. The molecule has 0 saturated heterocycles. The van der Waals surface area contributed by atoms with Gasteiger partial charge >= 0.3 is 0 Å². The van der Waals surface area contributed by atoms with Gasteiger partial charge in [-0.15, -0.1) is 0 Å². The van der Waals surface area contributed by atoms with Gasteiger partial charge in [0.2, 0.25) is 5.88 Å². The summed E-state index contributed by atoms with van der Waals surface area (Å²) in [6.07, 6.45) is 1.87. The van der Waals surface area contributed by atoms with Crippen molar-refractivity contribution in [3.8, 4) is 5.88 Å². The number of nitrogens with zero attached hydrogens (tertiary/aromatic N) is 2. The van der Waals surface area contributed by atoms with E-state index in [0.717, 1.165) is 10.3 Å². The lowest BCUT2D eigenvalue weighted by Crippen LogP contribution is -2.04. The number of nitrogen functional groups attached to an aromatic ring is 1. The van der Waals surface area contributed by atoms with Crippen LogP contribution >= 0.6 is 23.4 Å². The first-order chi connectivity index (χ1) is 7.79. The molecular weight excluding hydrogens is 246 g/mol. The van der Waals surface area contributed by atoms with E-state index in [-0.39, 0.29) is 0 Å². The molecule has 0 bridgehead atoms. The van der Waals surface area contributed by atoms with Crippen LogP contribution in [0, 0.1) is 0 Å². The van der Waals surface area contributed by atoms with Crippen molar-refractivity contribution in [1.82, 2.24) is 9.97 Å². The number of hydrogen-bond donors (Lipinski definition) is 1. The van der Waals surface area contributed by atoms with Crippen LogP contribution in [0.2, 0.25) is 0 Å². The average molecular weight is 257 g/mol. The van der Waals surface area contributed by atoms with E-state index in [4.69, 9.17) is 14.7 Å². The first kappa shape index (κ1) is 11.4. The Morgan fingerprint density at radius 2 is 2.25 bits per heavy atom. The Bertz CT molecular complexity index is 475. The monoisotopic (exact) mass is 257 g/mol. The Kier molecular flexibility index (Phi) is 3.81. The molecule has 2 heterocycles. The van der Waals surface area contributed by atoms with Crippen molar-refractivity contribution >= 4 is 38.9 Å². The van der Waals surface area contributed by atoms with Crippen molar-refractivity contribution in [3.05, 3.63) is 12.1 Å². The Balaban J connectivity index is 2.02. The van der Waals surface area contributed by atoms with Gasteiger partial charge in [0.05, 0.1) is 6.61 Å². The van der Waals surface area contributed by atoms with E-state index in [2.05, 4.69) is 9.97 Å². The van der Waals surface area contributed by atoms with E-state index in [9.17, 15) is 0 Å². The van der Waals surface area contributed by atoms with E-state index in [1.165, 1.54) is 23.4 Å². The van der Waals surface area contributed by atoms with Gasteiger partial charge in [-0.3, -0.25) is 0 Å². The molecule has 86 valence electrons. The van der Waals surface area contributed by atoms with Crippen molar-refractivity contribution in [2.24, 2.45) is 0 Å². The predicted molar refractivity (Wildman–Crippen MR) is 66.8 cm³/mol. The number of aromatic nitrogens is 2. The van der Waals surface area contributed by atoms with Crippen LogP contribution in [0.1, 0.15) is 0 Å². The minimum Gasteiger partial charge on any atom is -0.475 e. The highest BCUT2D eigenvalue weighted by atomic mass is 32.2. The van der Waals surface area contributed by atoms with E-state index in [1.807, 2.05) is 12.3 Å². The molecule has 0 aliphatic carbocycles. The highest BCUT2D eigenvalue weighted by Gasteiger charge is 2.04. The summed E-state index contributed by atoms with van der Waals surface area (Å²) in [5.41, 5.74) is 6.39. The zero-order valence-corrected chi connectivity index (χ0v) is 10.3. The normalized spacial score (nSPS) is 10.8. The molecule has 2 N–H and O–H groups in total. The Morgan fingerprint density at radius 3 is 3.06 bits per heavy atom. The highest BCUT2D eigenvalue weighted by molar-refractivity contribution is 7.93. The molecule has 0 radical (unpaired) electrons. The number of anilines is 1. The first-order valence-electron chi connectivity index (χ1n) is 4.61. The first-order valence-corrected chi connectivity index (χ1v) is 6.57. The maximum atomic E-state index is 5.58. The van der Waals surface area contributed by atoms with Crippen molar-refractivity contribution in [3.63, 3.8) is 0 Å². The van der Waals surface area contributed by atoms with Crippen LogP contribution in [0.4, 0.5) is 5.13 Å². The van der Waals surface area contributed by atoms with E-state index >= 15 is 0 Å². The standard InChI is InChI=1S/C9H11N3O2S2/c1-15-14-5-4-13-7-3-2-6-8(12-7)16-9(10)11-6/h2-3H,4-5H2,1H3,(H2,10,11). The SMILES string of the molecule is CSOCCOc1ccc2nc(N)sc2n1. The molecule has 2 aromatic rings. The Morgan fingerprint density at radius 1 is 1.38 bits per heavy atom. The fourth-order valence-electron chi connectivity index (χ4n) is 1.16. The third kappa shape index (κ3) is 2.75. The summed E-state index contributed by atoms with van der Waals surface area (Å²) in [4.78, 5) is 9.19. The number of fused-ring (bicyclic) bond motifs is 1. The molecule has 0 atom stereocenters. The van der Waals surface area contributed by atoms with Gasteiger partial charge in [-0.1, -0.05) is 11.3 Å². The molecule has 0 saturated carbocycles. The number of pyridine rings is 1. The molecule has 0 aliphatic heterocycles. The molecule has 2 aromatic heterocycles. The summed E-state index contributed by atoms with van der Waals surface area (Å²) >= 11 is 2.67. The van der Waals surface area contributed by atoms with Crippen LogP contribution in [0.3, 0.4) is 0 Å². The second kappa shape index (κ2) is 5.33. The third-order valence-corrected chi connectivity index (χ3v) is 2.98. The van der Waals surface area contributed by atoms with Gasteiger partial charge in [0, 0.05) is 12.3 Å². The molecule has 16 heavy (non-hydrogen) atoms. The zero-order chi connectivity index (χ0) is 11.4. The quantitative estimate of drug-likeness (QED) is 0.652. The maximum absolute atomic E-state index is 5.58. The Labute approximate surface area is 101 Å². The topological polar surface area (TPSA) is 70.3 Å². The lowest BCUT2D eigenvalue weighted by atomic mass is 10.4. The molecule has 0 fully saturated rings.